The van der Waals surface area contributed by atoms with Gasteiger partial charge in [0.05, 0.1) is 34.8 Å². The van der Waals surface area contributed by atoms with Crippen LogP contribution in [0.1, 0.15) is 26.7 Å². The first-order valence-corrected chi connectivity index (χ1v) is 15.0. The zero-order valence-corrected chi connectivity index (χ0v) is 25.2. The topological polar surface area (TPSA) is 47.1 Å². The van der Waals surface area contributed by atoms with E-state index in [-0.39, 0.29) is 24.1 Å². The lowest BCUT2D eigenvalue weighted by Crippen LogP contribution is -2.64. The molecule has 0 aliphatic carbocycles. The van der Waals surface area contributed by atoms with Gasteiger partial charge >= 0.3 is 12.1 Å². The second-order valence-corrected chi connectivity index (χ2v) is 11.2. The normalized spacial score (nSPS) is 16.7. The third kappa shape index (κ3) is 6.25. The van der Waals surface area contributed by atoms with Crippen molar-refractivity contribution < 1.29 is 9.59 Å². The van der Waals surface area contributed by atoms with Crippen LogP contribution < -0.4 is 9.80 Å². The Hall–Kier alpha value is -4.00. The fraction of sp³-hybridized carbons (Fsp3) is 0.235. The zero-order valence-electron chi connectivity index (χ0n) is 23.7. The number of urea groups is 2. The Morgan fingerprint density at radius 2 is 0.952 bits per heavy atom. The average Bonchev–Trinajstić information content (AvgIpc) is 3.01. The van der Waals surface area contributed by atoms with E-state index in [4.69, 9.17) is 23.2 Å². The summed E-state index contributed by atoms with van der Waals surface area (Å²) in [5.74, 6) is 0. The van der Waals surface area contributed by atoms with E-state index in [9.17, 15) is 9.59 Å². The van der Waals surface area contributed by atoms with Gasteiger partial charge in [0.25, 0.3) is 0 Å². The Morgan fingerprint density at radius 1 is 0.595 bits per heavy atom. The second kappa shape index (κ2) is 13.3. The fourth-order valence-corrected chi connectivity index (χ4v) is 5.87. The molecular weight excluding hydrogens is 567 g/mol. The first kappa shape index (κ1) is 29.5. The molecular formula is C34H34Cl2N4O2. The molecule has 1 aliphatic rings. The quantitative estimate of drug-likeness (QED) is 0.221. The number of hydrogen-bond donors (Lipinski definition) is 0. The molecule has 0 spiro atoms. The number of amides is 4. The van der Waals surface area contributed by atoms with Crippen molar-refractivity contribution in [1.82, 2.24) is 9.80 Å². The summed E-state index contributed by atoms with van der Waals surface area (Å²) in [6.45, 7) is 4.92. The number of carbonyl (C=O) groups excluding carboxylic acids is 2. The third-order valence-corrected chi connectivity index (χ3v) is 8.14. The minimum atomic E-state index is -0.188. The number of hydrogen-bond acceptors (Lipinski definition) is 2. The van der Waals surface area contributed by atoms with Crippen LogP contribution in [-0.2, 0) is 0 Å². The molecule has 0 aromatic heterocycles. The number of anilines is 4. The molecule has 2 unspecified atom stereocenters. The van der Waals surface area contributed by atoms with Crippen LogP contribution in [0.15, 0.2) is 109 Å². The number of halogens is 2. The molecule has 4 aromatic rings. The number of rotatable bonds is 6. The van der Waals surface area contributed by atoms with Gasteiger partial charge in [-0.3, -0.25) is 9.80 Å². The van der Waals surface area contributed by atoms with E-state index < -0.39 is 0 Å². The van der Waals surface area contributed by atoms with Gasteiger partial charge in [-0.05, 0) is 73.5 Å². The van der Waals surface area contributed by atoms with Crippen LogP contribution in [0.4, 0.5) is 32.3 Å². The summed E-state index contributed by atoms with van der Waals surface area (Å²) < 4.78 is 0. The SMILES string of the molecule is CCC1CN(C(=O)N(c2ccccc2)c2cccc(Cl)c2)C(CC)CN1C(=O)N(c1ccccc1)c1cccc(Cl)c1. The van der Waals surface area contributed by atoms with Crippen molar-refractivity contribution in [3.8, 4) is 0 Å². The Morgan fingerprint density at radius 3 is 1.29 bits per heavy atom. The lowest BCUT2D eigenvalue weighted by molar-refractivity contribution is 0.0718. The average molecular weight is 602 g/mol. The molecule has 1 heterocycles. The van der Waals surface area contributed by atoms with Crippen molar-refractivity contribution in [1.29, 1.82) is 0 Å². The van der Waals surface area contributed by atoms with Gasteiger partial charge in [0, 0.05) is 23.1 Å². The van der Waals surface area contributed by atoms with E-state index in [2.05, 4.69) is 13.8 Å². The van der Waals surface area contributed by atoms with Crippen LogP contribution in [-0.4, -0.2) is 47.0 Å². The predicted octanol–water partition coefficient (Wildman–Crippen LogP) is 9.38. The summed E-state index contributed by atoms with van der Waals surface area (Å²) in [5.41, 5.74) is 2.89. The lowest BCUT2D eigenvalue weighted by atomic mass is 10.0. The van der Waals surface area contributed by atoms with Crippen LogP contribution in [0.3, 0.4) is 0 Å². The highest BCUT2D eigenvalue weighted by molar-refractivity contribution is 6.31. The summed E-state index contributed by atoms with van der Waals surface area (Å²) in [6.07, 6.45) is 1.37. The number of nitrogens with zero attached hydrogens (tertiary/aromatic N) is 4. The van der Waals surface area contributed by atoms with E-state index in [0.717, 1.165) is 11.4 Å². The number of carbonyl (C=O) groups is 2. The standard InChI is InChI=1S/C34H34Cl2N4O2/c1-3-27-23-38(34(42)40(30-17-9-6-10-18-30)32-20-12-14-26(36)22-32)28(4-2)24-37(27)33(41)39(29-15-7-5-8-16-29)31-19-11-13-25(35)21-31/h5-22,27-28H,3-4,23-24H2,1-2H3. The van der Waals surface area contributed by atoms with Gasteiger partial charge in [-0.15, -0.1) is 0 Å². The number of benzene rings is 4. The molecule has 0 N–H and O–H groups in total. The van der Waals surface area contributed by atoms with Crippen molar-refractivity contribution >= 4 is 58.0 Å². The molecule has 0 bridgehead atoms. The molecule has 0 radical (unpaired) electrons. The monoisotopic (exact) mass is 600 g/mol. The number of piperazine rings is 1. The molecule has 1 aliphatic heterocycles. The smallest absolute Gasteiger partial charge is 0.317 e. The van der Waals surface area contributed by atoms with Gasteiger partial charge in [-0.2, -0.15) is 0 Å². The van der Waals surface area contributed by atoms with Crippen molar-refractivity contribution in [2.24, 2.45) is 0 Å². The molecule has 42 heavy (non-hydrogen) atoms. The molecule has 6 nitrogen and oxygen atoms in total. The predicted molar refractivity (Wildman–Crippen MR) is 172 cm³/mol. The van der Waals surface area contributed by atoms with Crippen molar-refractivity contribution in [3.05, 3.63) is 119 Å². The molecule has 216 valence electrons. The largest absolute Gasteiger partial charge is 0.329 e. The maximum Gasteiger partial charge on any atom is 0.329 e. The van der Waals surface area contributed by atoms with E-state index in [0.29, 0.717) is 47.4 Å². The molecule has 5 rings (SSSR count). The summed E-state index contributed by atoms with van der Waals surface area (Å²) in [6, 6.07) is 33.2. The van der Waals surface area contributed by atoms with Gasteiger partial charge in [0.15, 0.2) is 0 Å². The van der Waals surface area contributed by atoms with Crippen LogP contribution in [0, 0.1) is 0 Å². The highest BCUT2D eigenvalue weighted by atomic mass is 35.5. The van der Waals surface area contributed by atoms with Crippen LogP contribution in [0.2, 0.25) is 10.0 Å². The fourth-order valence-electron chi connectivity index (χ4n) is 5.50. The Kier molecular flexibility index (Phi) is 9.35. The number of para-hydroxylation sites is 2. The highest BCUT2D eigenvalue weighted by Crippen LogP contribution is 2.34. The summed E-state index contributed by atoms with van der Waals surface area (Å²) in [7, 11) is 0. The second-order valence-electron chi connectivity index (χ2n) is 10.3. The molecule has 0 saturated carbocycles. The first-order chi connectivity index (χ1) is 20.4. The van der Waals surface area contributed by atoms with Crippen molar-refractivity contribution in [2.45, 2.75) is 38.8 Å². The molecule has 2 atom stereocenters. The van der Waals surface area contributed by atoms with E-state index in [1.165, 1.54) is 0 Å². The van der Waals surface area contributed by atoms with Crippen molar-refractivity contribution in [3.63, 3.8) is 0 Å². The van der Waals surface area contributed by atoms with E-state index in [1.807, 2.05) is 94.7 Å². The molecule has 1 saturated heterocycles. The zero-order chi connectivity index (χ0) is 29.6. The summed E-state index contributed by atoms with van der Waals surface area (Å²) in [4.78, 5) is 36.1. The molecule has 8 heteroatoms. The van der Waals surface area contributed by atoms with Gasteiger partial charge in [0.2, 0.25) is 0 Å². The highest BCUT2D eigenvalue weighted by Gasteiger charge is 2.41. The molecule has 1 fully saturated rings. The molecule has 4 aromatic carbocycles. The summed E-state index contributed by atoms with van der Waals surface area (Å²) >= 11 is 12.7. The van der Waals surface area contributed by atoms with Gasteiger partial charge in [-0.1, -0.05) is 85.6 Å². The summed E-state index contributed by atoms with van der Waals surface area (Å²) in [5, 5.41) is 1.11. The van der Waals surface area contributed by atoms with E-state index >= 15 is 0 Å². The van der Waals surface area contributed by atoms with E-state index in [1.54, 1.807) is 34.1 Å². The lowest BCUT2D eigenvalue weighted by Gasteiger charge is -2.48. The van der Waals surface area contributed by atoms with Crippen molar-refractivity contribution in [2.75, 3.05) is 22.9 Å². The van der Waals surface area contributed by atoms with Gasteiger partial charge in [0.1, 0.15) is 0 Å². The molecule has 4 amide bonds. The maximum atomic E-state index is 14.4. The Labute approximate surface area is 257 Å². The van der Waals surface area contributed by atoms with Gasteiger partial charge in [-0.25, -0.2) is 9.59 Å². The first-order valence-electron chi connectivity index (χ1n) is 14.2. The maximum absolute atomic E-state index is 14.4. The Bertz CT molecular complexity index is 1400. The minimum absolute atomic E-state index is 0.143. The van der Waals surface area contributed by atoms with Crippen LogP contribution >= 0.6 is 23.2 Å². The van der Waals surface area contributed by atoms with Gasteiger partial charge < -0.3 is 9.80 Å². The van der Waals surface area contributed by atoms with Crippen LogP contribution in [0.25, 0.3) is 0 Å². The third-order valence-electron chi connectivity index (χ3n) is 7.67. The Balaban J connectivity index is 1.49. The minimum Gasteiger partial charge on any atom is -0.317 e. The van der Waals surface area contributed by atoms with Crippen LogP contribution in [0.5, 0.6) is 0 Å².